The molecule has 1 aliphatic rings. The second-order valence-corrected chi connectivity index (χ2v) is 6.27. The molecule has 2 aromatic rings. The van der Waals surface area contributed by atoms with E-state index in [1.807, 2.05) is 0 Å². The van der Waals surface area contributed by atoms with E-state index >= 15 is 0 Å². The van der Waals surface area contributed by atoms with Crippen LogP contribution in [0.25, 0.3) is 0 Å². The standard InChI is InChI=1S/C19H19FN2O4/c1-11(23)22-15-10-13(19(2,21-3)18(24)25)6-9-16(15)26-17(22)12-4-7-14(20)8-5-12/h4-10,17,21H,1-3H3,(H,24,25). The van der Waals surface area contributed by atoms with Crippen LogP contribution in [0.15, 0.2) is 42.5 Å². The van der Waals surface area contributed by atoms with Crippen molar-refractivity contribution in [2.45, 2.75) is 25.6 Å². The predicted octanol–water partition coefficient (Wildman–Crippen LogP) is 2.79. The molecule has 6 nitrogen and oxygen atoms in total. The fraction of sp³-hybridized carbons (Fsp3) is 0.263. The van der Waals surface area contributed by atoms with Gasteiger partial charge >= 0.3 is 5.97 Å². The van der Waals surface area contributed by atoms with Gasteiger partial charge in [0.25, 0.3) is 0 Å². The van der Waals surface area contributed by atoms with Gasteiger partial charge in [0.05, 0.1) is 5.69 Å². The van der Waals surface area contributed by atoms with Gasteiger partial charge in [-0.2, -0.15) is 0 Å². The predicted molar refractivity (Wildman–Crippen MR) is 93.4 cm³/mol. The summed E-state index contributed by atoms with van der Waals surface area (Å²) in [4.78, 5) is 25.4. The second kappa shape index (κ2) is 6.42. The topological polar surface area (TPSA) is 78.9 Å². The SMILES string of the molecule is CNC(C)(C(=O)O)c1ccc2c(c1)N(C(C)=O)C(c1ccc(F)cc1)O2. The fourth-order valence-electron chi connectivity index (χ4n) is 2.97. The van der Waals surface area contributed by atoms with Gasteiger partial charge in [-0.1, -0.05) is 18.2 Å². The number of carbonyl (C=O) groups excluding carboxylic acids is 1. The largest absolute Gasteiger partial charge is 0.480 e. The number of carboxylic acids is 1. The van der Waals surface area contributed by atoms with Crippen molar-refractivity contribution in [3.63, 3.8) is 0 Å². The van der Waals surface area contributed by atoms with Crippen molar-refractivity contribution < 1.29 is 23.8 Å². The zero-order chi connectivity index (χ0) is 19.1. The number of hydrogen-bond donors (Lipinski definition) is 2. The lowest BCUT2D eigenvalue weighted by atomic mass is 9.91. The van der Waals surface area contributed by atoms with E-state index in [4.69, 9.17) is 4.74 Å². The van der Waals surface area contributed by atoms with Crippen LogP contribution in [0.2, 0.25) is 0 Å². The van der Waals surface area contributed by atoms with Gasteiger partial charge in [0.15, 0.2) is 0 Å². The Labute approximate surface area is 150 Å². The summed E-state index contributed by atoms with van der Waals surface area (Å²) < 4.78 is 19.1. The number of anilines is 1. The number of fused-ring (bicyclic) bond motifs is 1. The van der Waals surface area contributed by atoms with Crippen molar-refractivity contribution in [2.24, 2.45) is 0 Å². The first-order chi connectivity index (χ1) is 12.3. The molecule has 26 heavy (non-hydrogen) atoms. The molecule has 3 rings (SSSR count). The van der Waals surface area contributed by atoms with Gasteiger partial charge in [0.2, 0.25) is 12.1 Å². The van der Waals surface area contributed by atoms with Crippen LogP contribution in [0.1, 0.15) is 31.2 Å². The number of amides is 1. The monoisotopic (exact) mass is 358 g/mol. The molecule has 0 saturated carbocycles. The summed E-state index contributed by atoms with van der Waals surface area (Å²) in [5, 5.41) is 12.3. The molecule has 1 amide bonds. The van der Waals surface area contributed by atoms with Gasteiger partial charge in [-0.3, -0.25) is 9.69 Å². The van der Waals surface area contributed by atoms with E-state index in [0.717, 1.165) is 0 Å². The molecule has 0 radical (unpaired) electrons. The number of benzene rings is 2. The zero-order valence-corrected chi connectivity index (χ0v) is 14.6. The molecule has 1 heterocycles. The van der Waals surface area contributed by atoms with E-state index in [2.05, 4.69) is 5.32 Å². The molecule has 2 N–H and O–H groups in total. The molecule has 0 aromatic heterocycles. The minimum atomic E-state index is -1.31. The summed E-state index contributed by atoms with van der Waals surface area (Å²) in [6.07, 6.45) is -0.732. The third kappa shape index (κ3) is 2.80. The van der Waals surface area contributed by atoms with Crippen LogP contribution < -0.4 is 15.0 Å². The molecule has 2 unspecified atom stereocenters. The van der Waals surface area contributed by atoms with E-state index in [-0.39, 0.29) is 11.7 Å². The highest BCUT2D eigenvalue weighted by Gasteiger charge is 2.39. The van der Waals surface area contributed by atoms with Crippen molar-refractivity contribution in [1.29, 1.82) is 0 Å². The number of ether oxygens (including phenoxy) is 1. The number of carboxylic acid groups (broad SMARTS) is 1. The number of carbonyl (C=O) groups is 2. The van der Waals surface area contributed by atoms with Crippen LogP contribution in [0.3, 0.4) is 0 Å². The van der Waals surface area contributed by atoms with E-state index < -0.39 is 17.7 Å². The van der Waals surface area contributed by atoms with Crippen molar-refractivity contribution in [3.8, 4) is 5.75 Å². The van der Waals surface area contributed by atoms with Crippen LogP contribution in [-0.4, -0.2) is 24.0 Å². The van der Waals surface area contributed by atoms with Gasteiger partial charge in [0, 0.05) is 12.5 Å². The number of nitrogens with zero attached hydrogens (tertiary/aromatic N) is 1. The van der Waals surface area contributed by atoms with Crippen molar-refractivity contribution >= 4 is 17.6 Å². The van der Waals surface area contributed by atoms with E-state index in [1.54, 1.807) is 44.3 Å². The maximum absolute atomic E-state index is 13.2. The maximum Gasteiger partial charge on any atom is 0.328 e. The minimum absolute atomic E-state index is 0.267. The number of halogens is 1. The molecule has 2 aromatic carbocycles. The van der Waals surface area contributed by atoms with Gasteiger partial charge in [-0.05, 0) is 43.8 Å². The fourth-order valence-corrected chi connectivity index (χ4v) is 2.97. The lowest BCUT2D eigenvalue weighted by Gasteiger charge is -2.26. The van der Waals surface area contributed by atoms with Crippen LogP contribution >= 0.6 is 0 Å². The van der Waals surface area contributed by atoms with Gasteiger partial charge in [-0.15, -0.1) is 0 Å². The number of aliphatic carboxylic acids is 1. The number of hydrogen-bond acceptors (Lipinski definition) is 4. The van der Waals surface area contributed by atoms with Crippen molar-refractivity contribution in [2.75, 3.05) is 11.9 Å². The molecule has 2 atom stereocenters. The first-order valence-corrected chi connectivity index (χ1v) is 8.06. The Balaban J connectivity index is 2.07. The van der Waals surface area contributed by atoms with Crippen molar-refractivity contribution in [1.82, 2.24) is 5.32 Å². The summed E-state index contributed by atoms with van der Waals surface area (Å²) in [7, 11) is 1.56. The number of rotatable bonds is 4. The maximum atomic E-state index is 13.2. The van der Waals surface area contributed by atoms with Gasteiger partial charge in [0.1, 0.15) is 17.1 Å². The lowest BCUT2D eigenvalue weighted by Crippen LogP contribution is -2.44. The van der Waals surface area contributed by atoms with E-state index in [1.165, 1.54) is 24.0 Å². The lowest BCUT2D eigenvalue weighted by molar-refractivity contribution is -0.144. The number of likely N-dealkylation sites (N-methyl/N-ethyl adjacent to an activating group) is 1. The normalized spacial score (nSPS) is 18.0. The summed E-state index contributed by atoms with van der Waals surface area (Å²) in [6, 6.07) is 10.6. The Bertz CT molecular complexity index is 868. The molecule has 0 aliphatic carbocycles. The van der Waals surface area contributed by atoms with Crippen LogP contribution in [0.4, 0.5) is 10.1 Å². The molecule has 7 heteroatoms. The molecule has 0 saturated heterocycles. The second-order valence-electron chi connectivity index (χ2n) is 6.27. The first-order valence-electron chi connectivity index (χ1n) is 8.06. The zero-order valence-electron chi connectivity index (χ0n) is 14.6. The third-order valence-electron chi connectivity index (χ3n) is 4.69. The molecular formula is C19H19FN2O4. The smallest absolute Gasteiger partial charge is 0.328 e. The highest BCUT2D eigenvalue weighted by atomic mass is 19.1. The molecule has 1 aliphatic heterocycles. The summed E-state index contributed by atoms with van der Waals surface area (Å²) >= 11 is 0. The quantitative estimate of drug-likeness (QED) is 0.879. The van der Waals surface area contributed by atoms with Gasteiger partial charge < -0.3 is 15.2 Å². The van der Waals surface area contributed by atoms with Crippen molar-refractivity contribution in [3.05, 3.63) is 59.4 Å². The molecule has 136 valence electrons. The molecule has 0 spiro atoms. The Morgan fingerprint density at radius 3 is 2.42 bits per heavy atom. The highest BCUT2D eigenvalue weighted by Crippen LogP contribution is 2.45. The first kappa shape index (κ1) is 17.9. The minimum Gasteiger partial charge on any atom is -0.480 e. The van der Waals surface area contributed by atoms with Crippen LogP contribution in [0.5, 0.6) is 5.75 Å². The summed E-state index contributed by atoms with van der Waals surface area (Å²) in [5.74, 6) is -1.23. The highest BCUT2D eigenvalue weighted by molar-refractivity contribution is 5.95. The number of nitrogens with one attached hydrogen (secondary N) is 1. The average molecular weight is 358 g/mol. The Morgan fingerprint density at radius 1 is 1.23 bits per heavy atom. The molecule has 0 bridgehead atoms. The summed E-state index contributed by atoms with van der Waals surface area (Å²) in [5.41, 5.74) is 0.271. The van der Waals surface area contributed by atoms with E-state index in [9.17, 15) is 19.1 Å². The Kier molecular flexibility index (Phi) is 4.41. The van der Waals surface area contributed by atoms with Crippen LogP contribution in [0, 0.1) is 5.82 Å². The molecule has 0 fully saturated rings. The average Bonchev–Trinajstić information content (AvgIpc) is 3.00. The van der Waals surface area contributed by atoms with Crippen LogP contribution in [-0.2, 0) is 15.1 Å². The molecular weight excluding hydrogens is 339 g/mol. The Hall–Kier alpha value is -2.93. The third-order valence-corrected chi connectivity index (χ3v) is 4.69. The van der Waals surface area contributed by atoms with E-state index in [0.29, 0.717) is 22.6 Å². The summed E-state index contributed by atoms with van der Waals surface area (Å²) in [6.45, 7) is 2.94. The van der Waals surface area contributed by atoms with Gasteiger partial charge in [-0.25, -0.2) is 9.18 Å². The Morgan fingerprint density at radius 2 is 1.88 bits per heavy atom.